The zero-order valence-electron chi connectivity index (χ0n) is 14.6. The Labute approximate surface area is 158 Å². The van der Waals surface area contributed by atoms with Crippen molar-refractivity contribution in [1.82, 2.24) is 15.3 Å². The summed E-state index contributed by atoms with van der Waals surface area (Å²) in [6.45, 7) is 0.153. The van der Waals surface area contributed by atoms with Gasteiger partial charge in [0.05, 0.1) is 17.3 Å². The van der Waals surface area contributed by atoms with Crippen molar-refractivity contribution in [3.8, 4) is 17.3 Å². The highest BCUT2D eigenvalue weighted by molar-refractivity contribution is 5.84. The van der Waals surface area contributed by atoms with Gasteiger partial charge in [0.25, 0.3) is 0 Å². The van der Waals surface area contributed by atoms with Gasteiger partial charge < -0.3 is 5.32 Å². The molecule has 3 heterocycles. The maximum Gasteiger partial charge on any atom is 0.433 e. The Balaban J connectivity index is 1.76. The first-order chi connectivity index (χ1) is 13.3. The predicted octanol–water partition coefficient (Wildman–Crippen LogP) is 3.24. The number of ketones is 1. The van der Waals surface area contributed by atoms with E-state index in [2.05, 4.69) is 15.3 Å². The van der Waals surface area contributed by atoms with Gasteiger partial charge in [0.1, 0.15) is 23.7 Å². The summed E-state index contributed by atoms with van der Waals surface area (Å²) < 4.78 is 51.1. The Morgan fingerprint density at radius 2 is 2.07 bits per heavy atom. The van der Waals surface area contributed by atoms with Gasteiger partial charge in [-0.15, -0.1) is 0 Å². The smallest absolute Gasteiger partial charge is 0.304 e. The number of aromatic nitrogens is 2. The van der Waals surface area contributed by atoms with Gasteiger partial charge in [-0.2, -0.15) is 18.4 Å². The molecule has 0 aliphatic carbocycles. The van der Waals surface area contributed by atoms with Crippen molar-refractivity contribution in [1.29, 1.82) is 5.26 Å². The number of rotatable bonds is 5. The van der Waals surface area contributed by atoms with Crippen LogP contribution < -0.4 is 5.32 Å². The summed E-state index contributed by atoms with van der Waals surface area (Å²) in [5, 5.41) is 12.1. The van der Waals surface area contributed by atoms with E-state index < -0.39 is 24.1 Å². The van der Waals surface area contributed by atoms with Crippen LogP contribution in [-0.4, -0.2) is 34.5 Å². The maximum atomic E-state index is 13.2. The van der Waals surface area contributed by atoms with Crippen LogP contribution in [-0.2, 0) is 17.4 Å². The molecule has 2 aromatic heterocycles. The van der Waals surface area contributed by atoms with Gasteiger partial charge in [-0.1, -0.05) is 0 Å². The van der Waals surface area contributed by atoms with Crippen LogP contribution in [0.15, 0.2) is 30.6 Å². The SMILES string of the molecule is N#Cc1cnc(-c2ccc(C(F)(F)F)nc2)cc1CCC(=O)[C@@H]1C[C@@H](F)CN1. The minimum atomic E-state index is -4.53. The Morgan fingerprint density at radius 3 is 2.64 bits per heavy atom. The lowest BCUT2D eigenvalue weighted by Gasteiger charge is -2.11. The molecular weight excluding hydrogens is 376 g/mol. The van der Waals surface area contributed by atoms with Crippen LogP contribution in [0, 0.1) is 11.3 Å². The van der Waals surface area contributed by atoms with E-state index in [1.165, 1.54) is 12.3 Å². The van der Waals surface area contributed by atoms with E-state index >= 15 is 0 Å². The number of hydrogen-bond acceptors (Lipinski definition) is 5. The number of alkyl halides is 4. The Morgan fingerprint density at radius 1 is 1.29 bits per heavy atom. The van der Waals surface area contributed by atoms with Gasteiger partial charge >= 0.3 is 6.18 Å². The molecule has 5 nitrogen and oxygen atoms in total. The number of carbonyl (C=O) groups excluding carboxylic acids is 1. The molecule has 1 aliphatic rings. The third-order valence-corrected chi connectivity index (χ3v) is 4.57. The first kappa shape index (κ1) is 19.9. The number of aryl methyl sites for hydroxylation is 1. The van der Waals surface area contributed by atoms with Crippen LogP contribution >= 0.6 is 0 Å². The fraction of sp³-hybridized carbons (Fsp3) is 0.368. The lowest BCUT2D eigenvalue weighted by Crippen LogP contribution is -2.30. The molecule has 0 amide bonds. The van der Waals surface area contributed by atoms with Crippen LogP contribution in [0.2, 0.25) is 0 Å². The standard InChI is InChI=1S/C19H16F4N4O/c20-14-6-16(26-10-14)17(28)3-1-11-5-15(25-9-13(11)7-24)12-2-4-18(27-8-12)19(21,22)23/h2,4-5,8-9,14,16,26H,1,3,6,10H2/t14-,16+/m1/s1. The molecule has 3 rings (SSSR count). The van der Waals surface area contributed by atoms with Crippen LogP contribution in [0.5, 0.6) is 0 Å². The average molecular weight is 392 g/mol. The van der Waals surface area contributed by atoms with Crippen LogP contribution in [0.1, 0.15) is 29.7 Å². The first-order valence-electron chi connectivity index (χ1n) is 8.60. The second-order valence-corrected chi connectivity index (χ2v) is 6.53. The lowest BCUT2D eigenvalue weighted by molar-refractivity contribution is -0.141. The third kappa shape index (κ3) is 4.51. The average Bonchev–Trinajstić information content (AvgIpc) is 3.11. The van der Waals surface area contributed by atoms with Crippen molar-refractivity contribution in [2.75, 3.05) is 6.54 Å². The Bertz CT molecular complexity index is 906. The van der Waals surface area contributed by atoms with E-state index in [0.29, 0.717) is 16.8 Å². The number of nitrogens with one attached hydrogen (secondary N) is 1. The molecule has 28 heavy (non-hydrogen) atoms. The van der Waals surface area contributed by atoms with Gasteiger partial charge in [0, 0.05) is 37.3 Å². The summed E-state index contributed by atoms with van der Waals surface area (Å²) >= 11 is 0. The highest BCUT2D eigenvalue weighted by Crippen LogP contribution is 2.29. The van der Waals surface area contributed by atoms with Crippen LogP contribution in [0.4, 0.5) is 17.6 Å². The van der Waals surface area contributed by atoms with Crippen molar-refractivity contribution in [2.45, 2.75) is 37.7 Å². The molecule has 0 bridgehead atoms. The molecule has 1 N–H and O–H groups in total. The number of nitriles is 1. The van der Waals surface area contributed by atoms with Crippen molar-refractivity contribution in [3.05, 3.63) is 47.4 Å². The first-order valence-corrected chi connectivity index (χ1v) is 8.60. The van der Waals surface area contributed by atoms with E-state index in [1.807, 2.05) is 6.07 Å². The molecule has 1 fully saturated rings. The van der Waals surface area contributed by atoms with Crippen molar-refractivity contribution in [2.24, 2.45) is 0 Å². The van der Waals surface area contributed by atoms with Gasteiger partial charge in [-0.25, -0.2) is 4.39 Å². The minimum absolute atomic E-state index is 0.119. The monoisotopic (exact) mass is 392 g/mol. The van der Waals surface area contributed by atoms with Gasteiger partial charge in [-0.3, -0.25) is 14.8 Å². The second kappa shape index (κ2) is 8.02. The van der Waals surface area contributed by atoms with E-state index in [0.717, 1.165) is 12.3 Å². The van der Waals surface area contributed by atoms with Gasteiger partial charge in [-0.05, 0) is 30.2 Å². The summed E-state index contributed by atoms with van der Waals surface area (Å²) in [5.74, 6) is -0.140. The quantitative estimate of drug-likeness (QED) is 0.791. The highest BCUT2D eigenvalue weighted by atomic mass is 19.4. The lowest BCUT2D eigenvalue weighted by atomic mass is 9.98. The normalized spacial score (nSPS) is 19.4. The largest absolute Gasteiger partial charge is 0.433 e. The van der Waals surface area contributed by atoms with Crippen molar-refractivity contribution in [3.63, 3.8) is 0 Å². The Hall–Kier alpha value is -2.86. The van der Waals surface area contributed by atoms with Crippen LogP contribution in [0.25, 0.3) is 11.3 Å². The van der Waals surface area contributed by atoms with E-state index in [9.17, 15) is 27.6 Å². The summed E-state index contributed by atoms with van der Waals surface area (Å²) in [7, 11) is 0. The predicted molar refractivity (Wildman–Crippen MR) is 91.8 cm³/mol. The molecule has 0 saturated carbocycles. The molecule has 0 aromatic carbocycles. The fourth-order valence-electron chi connectivity index (χ4n) is 3.05. The molecule has 9 heteroatoms. The molecule has 0 spiro atoms. The molecular formula is C19H16F4N4O. The van der Waals surface area contributed by atoms with Crippen LogP contribution in [0.3, 0.4) is 0 Å². The van der Waals surface area contributed by atoms with Gasteiger partial charge in [0.2, 0.25) is 0 Å². The van der Waals surface area contributed by atoms with Crippen molar-refractivity contribution >= 4 is 5.78 Å². The summed E-state index contributed by atoms with van der Waals surface area (Å²) in [5.41, 5.74) is 0.536. The number of nitrogens with zero attached hydrogens (tertiary/aromatic N) is 3. The van der Waals surface area contributed by atoms with E-state index in [-0.39, 0.29) is 37.2 Å². The number of halogens is 4. The Kier molecular flexibility index (Phi) is 5.70. The fourth-order valence-corrected chi connectivity index (χ4v) is 3.05. The van der Waals surface area contributed by atoms with E-state index in [4.69, 9.17) is 0 Å². The highest BCUT2D eigenvalue weighted by Gasteiger charge is 2.32. The number of Topliss-reactive ketones (excluding diaryl/α,β-unsaturated/α-hetero) is 1. The zero-order chi connectivity index (χ0) is 20.3. The summed E-state index contributed by atoms with van der Waals surface area (Å²) in [6, 6.07) is 5.14. The second-order valence-electron chi connectivity index (χ2n) is 6.53. The zero-order valence-corrected chi connectivity index (χ0v) is 14.6. The summed E-state index contributed by atoms with van der Waals surface area (Å²) in [4.78, 5) is 19.7. The van der Waals surface area contributed by atoms with Gasteiger partial charge in [0.15, 0.2) is 0 Å². The number of hydrogen-bond donors (Lipinski definition) is 1. The molecule has 146 valence electrons. The molecule has 0 radical (unpaired) electrons. The van der Waals surface area contributed by atoms with E-state index in [1.54, 1.807) is 6.07 Å². The third-order valence-electron chi connectivity index (χ3n) is 4.57. The maximum absolute atomic E-state index is 13.2. The minimum Gasteiger partial charge on any atom is -0.304 e. The van der Waals surface area contributed by atoms with Crippen molar-refractivity contribution < 1.29 is 22.4 Å². The number of pyridine rings is 2. The molecule has 2 atom stereocenters. The molecule has 1 saturated heterocycles. The molecule has 2 aromatic rings. The topological polar surface area (TPSA) is 78.7 Å². The molecule has 0 unspecified atom stereocenters. The summed E-state index contributed by atoms with van der Waals surface area (Å²) in [6.07, 6.45) is -2.68. The molecule has 1 aliphatic heterocycles. The number of carbonyl (C=O) groups is 1.